The zero-order valence-corrected chi connectivity index (χ0v) is 19.6. The predicted octanol–water partition coefficient (Wildman–Crippen LogP) is 5.44. The molecular formula is C29H28FN3O2. The van der Waals surface area contributed by atoms with Crippen LogP contribution in [0.5, 0.6) is 5.75 Å². The van der Waals surface area contributed by atoms with Gasteiger partial charge in [0.1, 0.15) is 18.2 Å². The van der Waals surface area contributed by atoms with Gasteiger partial charge in [0, 0.05) is 24.7 Å². The third-order valence-electron chi connectivity index (χ3n) is 7.12. The maximum absolute atomic E-state index is 14.0. The molecule has 1 N–H and O–H groups in total. The van der Waals surface area contributed by atoms with Gasteiger partial charge < -0.3 is 14.6 Å². The Kier molecular flexibility index (Phi) is 5.74. The van der Waals surface area contributed by atoms with Crippen LogP contribution in [0, 0.1) is 5.82 Å². The van der Waals surface area contributed by atoms with Gasteiger partial charge in [0.15, 0.2) is 0 Å². The molecule has 35 heavy (non-hydrogen) atoms. The summed E-state index contributed by atoms with van der Waals surface area (Å²) in [4.78, 5) is 18.2. The van der Waals surface area contributed by atoms with Crippen LogP contribution in [-0.2, 0) is 13.2 Å². The molecular weight excluding hydrogens is 441 g/mol. The second kappa shape index (κ2) is 9.19. The average molecular weight is 470 g/mol. The van der Waals surface area contributed by atoms with E-state index in [0.717, 1.165) is 58.5 Å². The van der Waals surface area contributed by atoms with E-state index in [1.54, 1.807) is 6.07 Å². The molecule has 178 valence electrons. The first-order valence-corrected chi connectivity index (χ1v) is 12.3. The first kappa shape index (κ1) is 21.9. The lowest BCUT2D eigenvalue weighted by Gasteiger charge is -2.26. The second-order valence-corrected chi connectivity index (χ2v) is 9.40. The van der Waals surface area contributed by atoms with Crippen molar-refractivity contribution in [2.45, 2.75) is 32.4 Å². The third kappa shape index (κ3) is 4.30. The number of nitrogens with zero attached hydrogens (tertiary/aromatic N) is 2. The molecule has 0 bridgehead atoms. The molecule has 6 heteroatoms. The van der Waals surface area contributed by atoms with Crippen LogP contribution in [-0.4, -0.2) is 34.1 Å². The van der Waals surface area contributed by atoms with E-state index in [1.807, 2.05) is 41.0 Å². The number of aromatic amines is 1. The molecule has 2 aliphatic heterocycles. The lowest BCUT2D eigenvalue weighted by molar-refractivity contribution is 0.221. The van der Waals surface area contributed by atoms with E-state index in [1.165, 1.54) is 31.4 Å². The molecule has 0 saturated carbocycles. The zero-order chi connectivity index (χ0) is 23.8. The number of hydrogen-bond acceptors (Lipinski definition) is 3. The van der Waals surface area contributed by atoms with E-state index < -0.39 is 0 Å². The Labute approximate surface area is 203 Å². The monoisotopic (exact) mass is 469 g/mol. The van der Waals surface area contributed by atoms with Gasteiger partial charge in [-0.05, 0) is 78.5 Å². The summed E-state index contributed by atoms with van der Waals surface area (Å²) in [5, 5.41) is 0. The van der Waals surface area contributed by atoms with Crippen molar-refractivity contribution < 1.29 is 9.13 Å². The summed E-state index contributed by atoms with van der Waals surface area (Å²) in [7, 11) is 0. The highest BCUT2D eigenvalue weighted by molar-refractivity contribution is 5.95. The topological polar surface area (TPSA) is 50.3 Å². The maximum Gasteiger partial charge on any atom is 0.326 e. The number of halogens is 1. The molecule has 0 spiro atoms. The van der Waals surface area contributed by atoms with Crippen LogP contribution in [0.4, 0.5) is 4.39 Å². The molecule has 6 rings (SSSR count). The van der Waals surface area contributed by atoms with Crippen molar-refractivity contribution >= 4 is 22.7 Å². The van der Waals surface area contributed by atoms with Crippen molar-refractivity contribution in [3.05, 3.63) is 99.2 Å². The Balaban J connectivity index is 1.38. The smallest absolute Gasteiger partial charge is 0.326 e. The summed E-state index contributed by atoms with van der Waals surface area (Å²) in [5.41, 5.74) is 6.56. The first-order valence-electron chi connectivity index (χ1n) is 12.3. The maximum atomic E-state index is 14.0. The molecule has 1 saturated heterocycles. The Morgan fingerprint density at radius 2 is 1.80 bits per heavy atom. The Hall–Kier alpha value is -3.64. The Morgan fingerprint density at radius 1 is 0.943 bits per heavy atom. The van der Waals surface area contributed by atoms with E-state index in [-0.39, 0.29) is 11.5 Å². The van der Waals surface area contributed by atoms with Crippen LogP contribution < -0.4 is 10.4 Å². The minimum Gasteiger partial charge on any atom is -0.488 e. The first-order chi connectivity index (χ1) is 17.2. The van der Waals surface area contributed by atoms with E-state index in [0.29, 0.717) is 18.9 Å². The number of likely N-dealkylation sites (tertiary alicyclic amines) is 1. The van der Waals surface area contributed by atoms with Gasteiger partial charge in [-0.3, -0.25) is 4.57 Å². The average Bonchev–Trinajstić information content (AvgIpc) is 3.11. The number of benzene rings is 3. The van der Waals surface area contributed by atoms with E-state index >= 15 is 0 Å². The van der Waals surface area contributed by atoms with Gasteiger partial charge in [-0.25, -0.2) is 9.18 Å². The van der Waals surface area contributed by atoms with E-state index in [2.05, 4.69) is 22.0 Å². The van der Waals surface area contributed by atoms with Gasteiger partial charge in [0.2, 0.25) is 0 Å². The van der Waals surface area contributed by atoms with Crippen LogP contribution in [0.1, 0.15) is 41.5 Å². The highest BCUT2D eigenvalue weighted by Crippen LogP contribution is 2.38. The molecule has 4 aromatic rings. The largest absolute Gasteiger partial charge is 0.488 e. The molecule has 1 fully saturated rings. The highest BCUT2D eigenvalue weighted by Gasteiger charge is 2.20. The fraction of sp³-hybridized carbons (Fsp3) is 0.276. The van der Waals surface area contributed by atoms with Gasteiger partial charge >= 0.3 is 5.69 Å². The van der Waals surface area contributed by atoms with Crippen molar-refractivity contribution in [2.24, 2.45) is 0 Å². The summed E-state index contributed by atoms with van der Waals surface area (Å²) in [6, 6.07) is 18.8. The second-order valence-electron chi connectivity index (χ2n) is 9.40. The molecule has 3 heterocycles. The normalized spacial score (nSPS) is 17.1. The minimum absolute atomic E-state index is 0.0733. The predicted molar refractivity (Wildman–Crippen MR) is 137 cm³/mol. The molecule has 2 aliphatic rings. The fourth-order valence-corrected chi connectivity index (χ4v) is 5.29. The van der Waals surface area contributed by atoms with Crippen LogP contribution in [0.3, 0.4) is 0 Å². The number of imidazole rings is 1. The van der Waals surface area contributed by atoms with Gasteiger partial charge in [0.25, 0.3) is 0 Å². The third-order valence-corrected chi connectivity index (χ3v) is 7.12. The van der Waals surface area contributed by atoms with E-state index in [4.69, 9.17) is 4.74 Å². The van der Waals surface area contributed by atoms with Gasteiger partial charge in [0.05, 0.1) is 11.0 Å². The Morgan fingerprint density at radius 3 is 2.69 bits per heavy atom. The van der Waals surface area contributed by atoms with Crippen molar-refractivity contribution in [1.82, 2.24) is 14.5 Å². The van der Waals surface area contributed by atoms with Crippen LogP contribution in [0.15, 0.2) is 65.5 Å². The number of aromatic nitrogens is 2. The standard InChI is InChI=1S/C29H28FN3O2/c30-22-9-10-24-25(23-7-3-2-6-21(23)19-35-28(24)18-22)16-20-8-11-27-26(17-20)31-29(34)33(27)15-14-32-12-4-1-5-13-32/h2-3,6-11,16-18H,1,4-5,12-15,19H2,(H,31,34)/b25-16+. The zero-order valence-electron chi connectivity index (χ0n) is 19.6. The van der Waals surface area contributed by atoms with Crippen LogP contribution >= 0.6 is 0 Å². The number of fused-ring (bicyclic) bond motifs is 3. The molecule has 0 amide bonds. The number of H-pyrrole nitrogens is 1. The number of rotatable bonds is 4. The summed E-state index contributed by atoms with van der Waals surface area (Å²) < 4.78 is 21.8. The van der Waals surface area contributed by atoms with Crippen molar-refractivity contribution in [3.63, 3.8) is 0 Å². The van der Waals surface area contributed by atoms with Gasteiger partial charge in [-0.2, -0.15) is 0 Å². The quantitative estimate of drug-likeness (QED) is 0.433. The summed E-state index contributed by atoms with van der Waals surface area (Å²) in [6.07, 6.45) is 5.88. The number of piperidine rings is 1. The molecule has 1 aromatic heterocycles. The summed E-state index contributed by atoms with van der Waals surface area (Å²) in [6.45, 7) is 4.19. The van der Waals surface area contributed by atoms with Crippen molar-refractivity contribution in [1.29, 1.82) is 0 Å². The molecule has 0 aliphatic carbocycles. The lowest BCUT2D eigenvalue weighted by atomic mass is 9.92. The van der Waals surface area contributed by atoms with Crippen LogP contribution in [0.2, 0.25) is 0 Å². The molecule has 3 aromatic carbocycles. The van der Waals surface area contributed by atoms with E-state index in [9.17, 15) is 9.18 Å². The number of ether oxygens (including phenoxy) is 1. The van der Waals surface area contributed by atoms with Crippen molar-refractivity contribution in [2.75, 3.05) is 19.6 Å². The molecule has 0 atom stereocenters. The SMILES string of the molecule is O=c1[nH]c2cc(/C=C3\c4ccccc4COc4cc(F)ccc43)ccc2n1CCN1CCCCC1. The number of hydrogen-bond donors (Lipinski definition) is 1. The Bertz CT molecular complexity index is 1480. The van der Waals surface area contributed by atoms with Crippen LogP contribution in [0.25, 0.3) is 22.7 Å². The minimum atomic E-state index is -0.320. The molecule has 0 radical (unpaired) electrons. The molecule has 0 unspecified atom stereocenters. The van der Waals surface area contributed by atoms with Crippen molar-refractivity contribution in [3.8, 4) is 5.75 Å². The number of nitrogens with one attached hydrogen (secondary N) is 1. The highest BCUT2D eigenvalue weighted by atomic mass is 19.1. The summed E-state index contributed by atoms with van der Waals surface area (Å²) >= 11 is 0. The lowest BCUT2D eigenvalue weighted by Crippen LogP contribution is -2.34. The van der Waals surface area contributed by atoms with Gasteiger partial charge in [-0.15, -0.1) is 0 Å². The fourth-order valence-electron chi connectivity index (χ4n) is 5.29. The summed E-state index contributed by atoms with van der Waals surface area (Å²) in [5.74, 6) is 0.213. The van der Waals surface area contributed by atoms with Gasteiger partial charge in [-0.1, -0.05) is 36.8 Å². The molecule has 5 nitrogen and oxygen atoms in total.